The first-order valence-electron chi connectivity index (χ1n) is 30.9. The van der Waals surface area contributed by atoms with Crippen LogP contribution in [-0.2, 0) is 16.6 Å². The first-order valence-corrected chi connectivity index (χ1v) is 30.9. The average Bonchev–Trinajstić information content (AvgIpc) is 3.61. The Labute approximate surface area is 501 Å². The van der Waals surface area contributed by atoms with Crippen LogP contribution < -0.4 is 0 Å². The number of nitrogens with zero attached hydrogens (tertiary/aromatic N) is 1. The Morgan fingerprint density at radius 1 is 0.512 bits per heavy atom. The lowest BCUT2D eigenvalue weighted by Crippen LogP contribution is -2.37. The molecule has 1 rings (SSSR count). The molecule has 0 spiro atoms. The van der Waals surface area contributed by atoms with Crippen LogP contribution in [0.1, 0.15) is 203 Å². The first kappa shape index (κ1) is 78.6. The van der Waals surface area contributed by atoms with Crippen LogP contribution in [0.25, 0.3) is 6.08 Å². The SMILES string of the molecule is CC(C)=Cc1c(O)c(C(=O)C(C)C=CC(O)CC(O)CCC(C)C(O)C(C)C(O)CCCC(O)C(C)C(O)C(C)=CC(C)C(=O)C(C)CC(=O)C(O)CC(O)CC(O)C(C)CCC(O)CC(O)CCC(C)C(O)C(C)C(O)C(C)C)c(O)n1C. The minimum Gasteiger partial charge on any atom is -0.505 e. The zero-order valence-corrected chi connectivity index (χ0v) is 53.4. The molecule has 0 aliphatic heterocycles. The predicted octanol–water partition coefficient (Wildman–Crippen LogP) is 6.22. The molecular formula is C65H115NO18. The van der Waals surface area contributed by atoms with Crippen molar-refractivity contribution in [3.05, 3.63) is 40.6 Å². The second kappa shape index (κ2) is 38.1. The zero-order valence-electron chi connectivity index (χ0n) is 53.4. The highest BCUT2D eigenvalue weighted by molar-refractivity contribution is 6.04. The van der Waals surface area contributed by atoms with Gasteiger partial charge < -0.3 is 81.2 Å². The second-order valence-corrected chi connectivity index (χ2v) is 26.1. The number of ketones is 3. The van der Waals surface area contributed by atoms with Gasteiger partial charge in [0, 0.05) is 61.8 Å². The summed E-state index contributed by atoms with van der Waals surface area (Å²) in [6.07, 6.45) is -4.58. The fraction of sp³-hybridized carbons (Fsp3) is 0.800. The molecule has 0 aliphatic carbocycles. The smallest absolute Gasteiger partial charge is 0.206 e. The molecule has 0 bridgehead atoms. The van der Waals surface area contributed by atoms with E-state index in [0.717, 1.165) is 5.57 Å². The molecule has 22 atom stereocenters. The number of aliphatic hydroxyl groups is 13. The molecule has 0 saturated carbocycles. The summed E-state index contributed by atoms with van der Waals surface area (Å²) in [7, 11) is 1.53. The Hall–Kier alpha value is -3.41. The number of allylic oxidation sites excluding steroid dienone is 3. The molecule has 15 N–H and O–H groups in total. The fourth-order valence-corrected chi connectivity index (χ4v) is 11.2. The van der Waals surface area contributed by atoms with E-state index in [9.17, 15) is 91.0 Å². The first-order chi connectivity index (χ1) is 38.9. The summed E-state index contributed by atoms with van der Waals surface area (Å²) >= 11 is 0. The van der Waals surface area contributed by atoms with Gasteiger partial charge in [0.05, 0.1) is 78.9 Å². The van der Waals surface area contributed by atoms with Gasteiger partial charge in [-0.3, -0.25) is 14.4 Å². The lowest BCUT2D eigenvalue weighted by atomic mass is 9.82. The molecule has 19 heteroatoms. The lowest BCUT2D eigenvalue weighted by molar-refractivity contribution is -0.134. The van der Waals surface area contributed by atoms with E-state index < -0.39 is 121 Å². The van der Waals surface area contributed by atoms with Crippen molar-refractivity contribution in [3.8, 4) is 11.6 Å². The molecule has 0 radical (unpaired) electrons. The molecule has 19 nitrogen and oxygen atoms in total. The summed E-state index contributed by atoms with van der Waals surface area (Å²) in [4.78, 5) is 39.5. The number of carbonyl (C=O) groups is 3. The predicted molar refractivity (Wildman–Crippen MR) is 325 cm³/mol. The van der Waals surface area contributed by atoms with Crippen molar-refractivity contribution in [2.75, 3.05) is 0 Å². The summed E-state index contributed by atoms with van der Waals surface area (Å²) in [5, 5.41) is 161. The molecule has 1 aromatic heterocycles. The Kier molecular flexibility index (Phi) is 35.7. The normalized spacial score (nSPS) is 20.6. The minimum absolute atomic E-state index is 0.0000733. The topological polar surface area (TPSA) is 360 Å². The third kappa shape index (κ3) is 26.1. The molecule has 1 aromatic rings. The van der Waals surface area contributed by atoms with E-state index in [1.807, 2.05) is 34.6 Å². The molecule has 0 fully saturated rings. The van der Waals surface area contributed by atoms with Crippen LogP contribution in [0.15, 0.2) is 29.4 Å². The van der Waals surface area contributed by atoms with Crippen LogP contribution >= 0.6 is 0 Å². The number of hydrogen-bond donors (Lipinski definition) is 15. The van der Waals surface area contributed by atoms with E-state index in [1.54, 1.807) is 74.5 Å². The average molecular weight is 1200 g/mol. The van der Waals surface area contributed by atoms with E-state index in [0.29, 0.717) is 37.7 Å². The molecule has 0 saturated heterocycles. The number of aromatic hydroxyl groups is 2. The number of aliphatic hydroxyl groups excluding tert-OH is 13. The Bertz CT molecular complexity index is 2190. The van der Waals surface area contributed by atoms with Crippen molar-refractivity contribution in [3.63, 3.8) is 0 Å². The maximum absolute atomic E-state index is 13.4. The van der Waals surface area contributed by atoms with Gasteiger partial charge in [-0.2, -0.15) is 0 Å². The summed E-state index contributed by atoms with van der Waals surface area (Å²) in [6, 6.07) is 0. The van der Waals surface area contributed by atoms with Crippen molar-refractivity contribution in [2.45, 2.75) is 266 Å². The lowest BCUT2D eigenvalue weighted by Gasteiger charge is -2.31. The van der Waals surface area contributed by atoms with Crippen LogP contribution in [0.3, 0.4) is 0 Å². The molecular weight excluding hydrogens is 1080 g/mol. The molecule has 0 aliphatic rings. The van der Waals surface area contributed by atoms with E-state index in [4.69, 9.17) is 0 Å². The van der Waals surface area contributed by atoms with Crippen molar-refractivity contribution in [1.29, 1.82) is 0 Å². The summed E-state index contributed by atoms with van der Waals surface area (Å²) < 4.78 is 1.32. The Morgan fingerprint density at radius 2 is 1.00 bits per heavy atom. The zero-order chi connectivity index (χ0) is 64.8. The molecule has 22 unspecified atom stereocenters. The van der Waals surface area contributed by atoms with Gasteiger partial charge in [0.25, 0.3) is 0 Å². The molecule has 0 amide bonds. The van der Waals surface area contributed by atoms with Crippen LogP contribution in [0.4, 0.5) is 0 Å². The summed E-state index contributed by atoms with van der Waals surface area (Å²) in [6.45, 7) is 24.4. The number of carbonyl (C=O) groups excluding carboxylic acids is 3. The molecule has 488 valence electrons. The summed E-state index contributed by atoms with van der Waals surface area (Å²) in [5.74, 6) is -6.99. The maximum Gasteiger partial charge on any atom is 0.206 e. The Balaban J connectivity index is 2.56. The maximum atomic E-state index is 13.4. The van der Waals surface area contributed by atoms with Crippen molar-refractivity contribution >= 4 is 23.4 Å². The highest BCUT2D eigenvalue weighted by atomic mass is 16.3. The molecule has 0 aromatic carbocycles. The highest BCUT2D eigenvalue weighted by Gasteiger charge is 2.33. The van der Waals surface area contributed by atoms with Crippen LogP contribution in [0, 0.1) is 59.2 Å². The van der Waals surface area contributed by atoms with Gasteiger partial charge in [-0.15, -0.1) is 0 Å². The van der Waals surface area contributed by atoms with E-state index >= 15 is 0 Å². The van der Waals surface area contributed by atoms with Gasteiger partial charge in [0.2, 0.25) is 5.88 Å². The van der Waals surface area contributed by atoms with Gasteiger partial charge in [0.1, 0.15) is 17.5 Å². The van der Waals surface area contributed by atoms with Crippen molar-refractivity contribution < 1.29 is 91.0 Å². The third-order valence-corrected chi connectivity index (χ3v) is 17.6. The van der Waals surface area contributed by atoms with E-state index in [-0.39, 0.29) is 116 Å². The van der Waals surface area contributed by atoms with Gasteiger partial charge in [-0.05, 0) is 127 Å². The quantitative estimate of drug-likeness (QED) is 0.0255. The van der Waals surface area contributed by atoms with Crippen LogP contribution in [0.5, 0.6) is 11.6 Å². The van der Waals surface area contributed by atoms with Gasteiger partial charge in [-0.25, -0.2) is 0 Å². The molecule has 1 heterocycles. The standard InChI is InChI=1S/C65H115NO18/c1-34(2)27-51-64(83)57(65(84)66(51)15)63(82)39(8)22-26-49(70)31-47(68)24-20-37(6)60(79)43(12)52(72)17-16-18-53(73)44(13)62(81)41(10)28-40(9)59(78)42(11)29-55(75)56(76)33-50(71)32-54(74)36(5)19-23-46(67)30-48(69)25-21-38(7)61(80)45(14)58(77)35(3)4/h22,26-28,35-40,42-50,52-54,56,58,60-62,67-74,76-77,79-81,83-84H,16-21,23-25,29-33H2,1-15H3. The van der Waals surface area contributed by atoms with Crippen LogP contribution in [0.2, 0.25) is 0 Å². The number of Topliss-reactive ketones (excluding diaryl/α,β-unsaturated/α-hetero) is 3. The van der Waals surface area contributed by atoms with Crippen molar-refractivity contribution in [1.82, 2.24) is 4.57 Å². The Morgan fingerprint density at radius 3 is 1.51 bits per heavy atom. The number of hydrogen-bond acceptors (Lipinski definition) is 18. The fourth-order valence-electron chi connectivity index (χ4n) is 11.2. The van der Waals surface area contributed by atoms with Gasteiger partial charge in [0.15, 0.2) is 17.3 Å². The monoisotopic (exact) mass is 1200 g/mol. The van der Waals surface area contributed by atoms with Gasteiger partial charge in [-0.1, -0.05) is 100.0 Å². The highest BCUT2D eigenvalue weighted by Crippen LogP contribution is 2.37. The van der Waals surface area contributed by atoms with Crippen LogP contribution in [-0.4, -0.2) is 178 Å². The van der Waals surface area contributed by atoms with E-state index in [1.165, 1.54) is 23.8 Å². The third-order valence-electron chi connectivity index (χ3n) is 17.6. The number of rotatable bonds is 43. The number of aromatic nitrogens is 1. The largest absolute Gasteiger partial charge is 0.505 e. The summed E-state index contributed by atoms with van der Waals surface area (Å²) in [5.41, 5.74) is 1.35. The minimum atomic E-state index is -1.59. The van der Waals surface area contributed by atoms with E-state index in [2.05, 4.69) is 0 Å². The second-order valence-electron chi connectivity index (χ2n) is 26.1. The van der Waals surface area contributed by atoms with Gasteiger partial charge >= 0.3 is 0 Å². The molecule has 84 heavy (non-hydrogen) atoms. The van der Waals surface area contributed by atoms with Crippen molar-refractivity contribution in [2.24, 2.45) is 66.2 Å².